The van der Waals surface area contributed by atoms with E-state index in [1.54, 1.807) is 0 Å². The number of rotatable bonds is 6. The molecule has 0 bridgehead atoms. The van der Waals surface area contributed by atoms with Crippen molar-refractivity contribution in [2.45, 2.75) is 83.8 Å². The minimum atomic E-state index is -0.455. The third-order valence-electron chi connectivity index (χ3n) is 6.12. The standard InChI is InChI=1S/C18H31NO2/c1-13(7-5-11-17(2,3)19-21)14-9-10-15-16(20)8-6-12-18(14,15)4/h14-16,20H,1,5-12H2,2-4H3/t14-,15+,16?,18-/m1/s1. The molecule has 0 aromatic carbocycles. The number of aliphatic hydroxyl groups is 1. The fourth-order valence-electron chi connectivity index (χ4n) is 4.79. The zero-order valence-corrected chi connectivity index (χ0v) is 13.9. The number of nitrogens with zero attached hydrogens (tertiary/aromatic N) is 1. The van der Waals surface area contributed by atoms with Crippen LogP contribution in [0.15, 0.2) is 17.3 Å². The van der Waals surface area contributed by atoms with Crippen molar-refractivity contribution in [1.82, 2.24) is 0 Å². The lowest BCUT2D eigenvalue weighted by atomic mass is 9.62. The van der Waals surface area contributed by atoms with Crippen molar-refractivity contribution in [2.24, 2.45) is 22.4 Å². The van der Waals surface area contributed by atoms with Crippen molar-refractivity contribution in [3.8, 4) is 0 Å². The van der Waals surface area contributed by atoms with Crippen LogP contribution in [0.25, 0.3) is 0 Å². The van der Waals surface area contributed by atoms with E-state index in [2.05, 4.69) is 18.7 Å². The molecule has 0 spiro atoms. The second-order valence-corrected chi connectivity index (χ2v) is 8.12. The lowest BCUT2D eigenvalue weighted by molar-refractivity contribution is -0.0113. The van der Waals surface area contributed by atoms with Crippen LogP contribution in [0.5, 0.6) is 0 Å². The first-order valence-corrected chi connectivity index (χ1v) is 8.50. The Labute approximate surface area is 129 Å². The van der Waals surface area contributed by atoms with Gasteiger partial charge in [-0.15, -0.1) is 0 Å². The van der Waals surface area contributed by atoms with E-state index in [1.165, 1.54) is 18.4 Å². The number of aliphatic hydroxyl groups excluding tert-OH is 1. The van der Waals surface area contributed by atoms with E-state index in [1.807, 2.05) is 13.8 Å². The second-order valence-electron chi connectivity index (χ2n) is 8.12. The zero-order valence-electron chi connectivity index (χ0n) is 13.9. The fourth-order valence-corrected chi connectivity index (χ4v) is 4.79. The van der Waals surface area contributed by atoms with E-state index in [-0.39, 0.29) is 11.5 Å². The summed E-state index contributed by atoms with van der Waals surface area (Å²) in [7, 11) is 0. The minimum Gasteiger partial charge on any atom is -0.393 e. The summed E-state index contributed by atoms with van der Waals surface area (Å²) in [5.41, 5.74) is 1.12. The van der Waals surface area contributed by atoms with Gasteiger partial charge in [0.25, 0.3) is 0 Å². The van der Waals surface area contributed by atoms with Crippen LogP contribution >= 0.6 is 0 Å². The Kier molecular flexibility index (Phi) is 4.92. The number of hydrogen-bond acceptors (Lipinski definition) is 3. The molecule has 0 amide bonds. The molecule has 2 saturated carbocycles. The zero-order chi connectivity index (χ0) is 15.7. The summed E-state index contributed by atoms with van der Waals surface area (Å²) < 4.78 is 0. The van der Waals surface area contributed by atoms with Crippen LogP contribution in [-0.4, -0.2) is 16.7 Å². The van der Waals surface area contributed by atoms with E-state index in [0.29, 0.717) is 11.8 Å². The largest absolute Gasteiger partial charge is 0.393 e. The van der Waals surface area contributed by atoms with Gasteiger partial charge >= 0.3 is 0 Å². The highest BCUT2D eigenvalue weighted by Crippen LogP contribution is 2.57. The summed E-state index contributed by atoms with van der Waals surface area (Å²) in [6.07, 6.45) is 8.33. The minimum absolute atomic E-state index is 0.111. The highest BCUT2D eigenvalue weighted by Gasteiger charge is 2.51. The average molecular weight is 293 g/mol. The summed E-state index contributed by atoms with van der Waals surface area (Å²) in [6, 6.07) is 0. The monoisotopic (exact) mass is 293 g/mol. The summed E-state index contributed by atoms with van der Waals surface area (Å²) in [5, 5.41) is 13.5. The maximum Gasteiger partial charge on any atom is 0.0970 e. The van der Waals surface area contributed by atoms with Crippen LogP contribution in [0.3, 0.4) is 0 Å². The van der Waals surface area contributed by atoms with Gasteiger partial charge in [0.2, 0.25) is 0 Å². The lowest BCUT2D eigenvalue weighted by Gasteiger charge is -2.44. The number of hydrogen-bond donors (Lipinski definition) is 1. The van der Waals surface area contributed by atoms with Crippen molar-refractivity contribution in [1.29, 1.82) is 0 Å². The van der Waals surface area contributed by atoms with Gasteiger partial charge in [-0.25, -0.2) is 0 Å². The Balaban J connectivity index is 1.92. The van der Waals surface area contributed by atoms with Crippen LogP contribution in [0.2, 0.25) is 0 Å². The van der Waals surface area contributed by atoms with Gasteiger partial charge in [0, 0.05) is 0 Å². The van der Waals surface area contributed by atoms with Crippen LogP contribution in [0.4, 0.5) is 0 Å². The molecule has 0 aromatic rings. The summed E-state index contributed by atoms with van der Waals surface area (Å²) in [5.74, 6) is 1.01. The number of allylic oxidation sites excluding steroid dienone is 1. The number of fused-ring (bicyclic) bond motifs is 1. The smallest absolute Gasteiger partial charge is 0.0970 e. The van der Waals surface area contributed by atoms with E-state index in [4.69, 9.17) is 0 Å². The predicted molar refractivity (Wildman–Crippen MR) is 87.0 cm³/mol. The molecular formula is C18H31NO2. The van der Waals surface area contributed by atoms with E-state index in [9.17, 15) is 10.0 Å². The molecule has 4 atom stereocenters. The van der Waals surface area contributed by atoms with Gasteiger partial charge < -0.3 is 5.11 Å². The second kappa shape index (κ2) is 6.20. The van der Waals surface area contributed by atoms with Crippen molar-refractivity contribution in [3.63, 3.8) is 0 Å². The van der Waals surface area contributed by atoms with Gasteiger partial charge in [0.05, 0.1) is 11.6 Å². The highest BCUT2D eigenvalue weighted by molar-refractivity contribution is 5.14. The van der Waals surface area contributed by atoms with Crippen molar-refractivity contribution in [3.05, 3.63) is 17.1 Å². The van der Waals surface area contributed by atoms with Gasteiger partial charge in [-0.05, 0) is 76.0 Å². The first-order valence-electron chi connectivity index (χ1n) is 8.50. The van der Waals surface area contributed by atoms with Crippen LogP contribution < -0.4 is 0 Å². The average Bonchev–Trinajstić information content (AvgIpc) is 2.77. The van der Waals surface area contributed by atoms with Gasteiger partial charge in [-0.2, -0.15) is 4.91 Å². The first kappa shape index (κ1) is 16.7. The SMILES string of the molecule is C=C(CCCC(C)(C)N=O)[C@H]1CC[C@H]2C(O)CCC[C@]12C. The van der Waals surface area contributed by atoms with E-state index < -0.39 is 5.54 Å². The predicted octanol–water partition coefficient (Wildman–Crippen LogP) is 4.84. The Hall–Kier alpha value is -0.700. The Morgan fingerprint density at radius 2 is 2.10 bits per heavy atom. The molecule has 0 saturated heterocycles. The molecule has 2 aliphatic carbocycles. The Morgan fingerprint density at radius 1 is 1.38 bits per heavy atom. The van der Waals surface area contributed by atoms with Crippen molar-refractivity contribution >= 4 is 0 Å². The van der Waals surface area contributed by atoms with Crippen LogP contribution in [0, 0.1) is 22.2 Å². The molecule has 0 aromatic heterocycles. The molecule has 3 nitrogen and oxygen atoms in total. The molecule has 120 valence electrons. The topological polar surface area (TPSA) is 49.7 Å². The summed E-state index contributed by atoms with van der Waals surface area (Å²) in [4.78, 5) is 10.7. The molecule has 0 aliphatic heterocycles. The molecule has 1 unspecified atom stereocenters. The molecule has 3 heteroatoms. The quantitative estimate of drug-likeness (QED) is 0.563. The van der Waals surface area contributed by atoms with Gasteiger partial charge in [-0.1, -0.05) is 30.7 Å². The van der Waals surface area contributed by atoms with E-state index in [0.717, 1.165) is 38.5 Å². The molecular weight excluding hydrogens is 262 g/mol. The molecule has 0 radical (unpaired) electrons. The molecule has 2 rings (SSSR count). The summed E-state index contributed by atoms with van der Waals surface area (Å²) in [6.45, 7) is 10.5. The van der Waals surface area contributed by atoms with Crippen LogP contribution in [-0.2, 0) is 0 Å². The lowest BCUT2D eigenvalue weighted by Crippen LogP contribution is -2.40. The van der Waals surface area contributed by atoms with Crippen molar-refractivity contribution in [2.75, 3.05) is 0 Å². The maximum absolute atomic E-state index is 10.7. The molecule has 1 N–H and O–H groups in total. The maximum atomic E-state index is 10.7. The summed E-state index contributed by atoms with van der Waals surface area (Å²) >= 11 is 0. The first-order chi connectivity index (χ1) is 9.80. The van der Waals surface area contributed by atoms with Gasteiger partial charge in [0.15, 0.2) is 0 Å². The third-order valence-corrected chi connectivity index (χ3v) is 6.12. The van der Waals surface area contributed by atoms with Gasteiger partial charge in [-0.3, -0.25) is 0 Å². The third kappa shape index (κ3) is 3.39. The molecule has 2 fully saturated rings. The molecule has 2 aliphatic rings. The Morgan fingerprint density at radius 3 is 2.76 bits per heavy atom. The normalized spacial score (nSPS) is 36.3. The fraction of sp³-hybridized carbons (Fsp3) is 0.889. The molecule has 21 heavy (non-hydrogen) atoms. The van der Waals surface area contributed by atoms with Gasteiger partial charge in [0.1, 0.15) is 0 Å². The van der Waals surface area contributed by atoms with E-state index >= 15 is 0 Å². The van der Waals surface area contributed by atoms with Crippen LogP contribution in [0.1, 0.15) is 72.1 Å². The molecule has 0 heterocycles. The Bertz CT molecular complexity index is 404. The van der Waals surface area contributed by atoms with Crippen molar-refractivity contribution < 1.29 is 5.11 Å². The number of nitroso groups, excluding NO2 is 1. The highest BCUT2D eigenvalue weighted by atomic mass is 16.3.